The van der Waals surface area contributed by atoms with Crippen LogP contribution < -0.4 is 0 Å². The molecule has 0 radical (unpaired) electrons. The van der Waals surface area contributed by atoms with Crippen molar-refractivity contribution >= 4 is 22.5 Å². The number of hydrogen-bond acceptors (Lipinski definition) is 3. The highest BCUT2D eigenvalue weighted by molar-refractivity contribution is 6.08. The third-order valence-electron chi connectivity index (χ3n) is 8.38. The van der Waals surface area contributed by atoms with E-state index in [0.29, 0.717) is 11.3 Å². The standard InChI is InChI=1S/C36H31F2NO3/c1-23-10-13-27-6-3-4-9-31(27)33(23)35(41)39(22-30-16-17-32(42-30)34(37)38)21-25-11-14-26(15-12-25)28-7-5-8-29(20-28)36(18-19-36)24(2)40/h3-17,20,34H,18-19,21-22H2,1-2H3. The van der Waals surface area contributed by atoms with Crippen LogP contribution in [-0.4, -0.2) is 16.6 Å². The van der Waals surface area contributed by atoms with E-state index in [-0.39, 0.29) is 30.2 Å². The lowest BCUT2D eigenvalue weighted by Crippen LogP contribution is -2.30. The summed E-state index contributed by atoms with van der Waals surface area (Å²) in [6.07, 6.45) is -0.946. The van der Waals surface area contributed by atoms with Gasteiger partial charge in [-0.1, -0.05) is 84.9 Å². The van der Waals surface area contributed by atoms with Crippen LogP contribution in [0.15, 0.2) is 101 Å². The van der Waals surface area contributed by atoms with Gasteiger partial charge in [-0.25, -0.2) is 8.78 Å². The monoisotopic (exact) mass is 563 g/mol. The van der Waals surface area contributed by atoms with Gasteiger partial charge >= 0.3 is 0 Å². The number of rotatable bonds is 9. The van der Waals surface area contributed by atoms with E-state index in [9.17, 15) is 18.4 Å². The van der Waals surface area contributed by atoms with E-state index < -0.39 is 12.2 Å². The molecule has 0 bridgehead atoms. The molecule has 1 fully saturated rings. The zero-order valence-corrected chi connectivity index (χ0v) is 23.6. The summed E-state index contributed by atoms with van der Waals surface area (Å²) in [4.78, 5) is 28.0. The SMILES string of the molecule is CC(=O)C1(c2cccc(-c3ccc(CN(Cc4ccc(C(F)F)o4)C(=O)c4c(C)ccc5ccccc45)cc3)c2)CC1. The Hall–Kier alpha value is -4.58. The molecule has 1 aliphatic carbocycles. The number of fused-ring (bicyclic) bond motifs is 1. The number of Topliss-reactive ketones (excluding diaryl/α,β-unsaturated/α-hetero) is 1. The van der Waals surface area contributed by atoms with Gasteiger partial charge in [0.2, 0.25) is 0 Å². The Kier molecular flexibility index (Phi) is 7.23. The number of furan rings is 1. The number of hydrogen-bond donors (Lipinski definition) is 0. The summed E-state index contributed by atoms with van der Waals surface area (Å²) >= 11 is 0. The molecule has 0 atom stereocenters. The average molecular weight is 564 g/mol. The fourth-order valence-corrected chi connectivity index (χ4v) is 5.80. The third kappa shape index (κ3) is 5.25. The summed E-state index contributed by atoms with van der Waals surface area (Å²) < 4.78 is 31.9. The minimum Gasteiger partial charge on any atom is -0.458 e. The second-order valence-electron chi connectivity index (χ2n) is 11.2. The van der Waals surface area contributed by atoms with E-state index in [1.807, 2.05) is 85.8 Å². The molecule has 0 N–H and O–H groups in total. The maximum absolute atomic E-state index is 14.1. The first kappa shape index (κ1) is 27.6. The summed E-state index contributed by atoms with van der Waals surface area (Å²) in [5.41, 5.74) is 5.07. The fraction of sp³-hybridized carbons (Fsp3) is 0.222. The van der Waals surface area contributed by atoms with E-state index in [2.05, 4.69) is 6.07 Å². The second kappa shape index (κ2) is 11.0. The van der Waals surface area contributed by atoms with Gasteiger partial charge in [-0.3, -0.25) is 9.59 Å². The first-order valence-electron chi connectivity index (χ1n) is 14.1. The molecule has 0 spiro atoms. The molecule has 4 nitrogen and oxygen atoms in total. The van der Waals surface area contributed by atoms with Crippen LogP contribution in [0.4, 0.5) is 8.78 Å². The van der Waals surface area contributed by atoms with Gasteiger partial charge in [0.25, 0.3) is 12.3 Å². The Morgan fingerprint density at radius 1 is 0.857 bits per heavy atom. The molecule has 1 aliphatic rings. The molecule has 42 heavy (non-hydrogen) atoms. The van der Waals surface area contributed by atoms with Crippen molar-refractivity contribution in [3.05, 3.63) is 131 Å². The van der Waals surface area contributed by atoms with Gasteiger partial charge in [0.15, 0.2) is 5.76 Å². The Morgan fingerprint density at radius 2 is 1.62 bits per heavy atom. The van der Waals surface area contributed by atoms with E-state index >= 15 is 0 Å². The number of nitrogens with zero attached hydrogens (tertiary/aromatic N) is 1. The minimum absolute atomic E-state index is 0.0468. The third-order valence-corrected chi connectivity index (χ3v) is 8.38. The summed E-state index contributed by atoms with van der Waals surface area (Å²) in [6, 6.07) is 30.5. The van der Waals surface area contributed by atoms with E-state index in [1.54, 1.807) is 11.8 Å². The smallest absolute Gasteiger partial charge is 0.295 e. The molecule has 6 heteroatoms. The molecule has 1 heterocycles. The predicted molar refractivity (Wildman–Crippen MR) is 159 cm³/mol. The number of carbonyl (C=O) groups excluding carboxylic acids is 2. The molecule has 0 aliphatic heterocycles. The summed E-state index contributed by atoms with van der Waals surface area (Å²) in [7, 11) is 0. The number of alkyl halides is 2. The zero-order valence-electron chi connectivity index (χ0n) is 23.6. The molecule has 1 aromatic heterocycles. The fourth-order valence-electron chi connectivity index (χ4n) is 5.80. The molecule has 1 saturated carbocycles. The van der Waals surface area contributed by atoms with Crippen LogP contribution in [0.1, 0.15) is 64.8 Å². The Morgan fingerprint density at radius 3 is 2.31 bits per heavy atom. The van der Waals surface area contributed by atoms with Crippen LogP contribution in [0.3, 0.4) is 0 Å². The maximum atomic E-state index is 14.1. The highest BCUT2D eigenvalue weighted by atomic mass is 19.3. The van der Waals surface area contributed by atoms with Crippen molar-refractivity contribution in [3.8, 4) is 11.1 Å². The van der Waals surface area contributed by atoms with Gasteiger partial charge in [-0.15, -0.1) is 0 Å². The van der Waals surface area contributed by atoms with Crippen molar-refractivity contribution in [3.63, 3.8) is 0 Å². The van der Waals surface area contributed by atoms with Crippen molar-refractivity contribution in [2.75, 3.05) is 0 Å². The summed E-state index contributed by atoms with van der Waals surface area (Å²) in [5, 5.41) is 1.79. The predicted octanol–water partition coefficient (Wildman–Crippen LogP) is 8.81. The lowest BCUT2D eigenvalue weighted by molar-refractivity contribution is -0.119. The maximum Gasteiger partial charge on any atom is 0.295 e. The van der Waals surface area contributed by atoms with Crippen molar-refractivity contribution < 1.29 is 22.8 Å². The Balaban J connectivity index is 1.31. The van der Waals surface area contributed by atoms with Crippen LogP contribution in [0.5, 0.6) is 0 Å². The van der Waals surface area contributed by atoms with Crippen LogP contribution in [0.2, 0.25) is 0 Å². The van der Waals surface area contributed by atoms with E-state index in [4.69, 9.17) is 4.42 Å². The number of halogens is 2. The minimum atomic E-state index is -2.72. The summed E-state index contributed by atoms with van der Waals surface area (Å²) in [6.45, 7) is 3.88. The largest absolute Gasteiger partial charge is 0.458 e. The molecule has 4 aromatic carbocycles. The molecule has 1 amide bonds. The van der Waals surface area contributed by atoms with Crippen molar-refractivity contribution in [2.45, 2.75) is 51.6 Å². The number of aryl methyl sites for hydroxylation is 1. The first-order valence-corrected chi connectivity index (χ1v) is 14.1. The highest BCUT2D eigenvalue weighted by Gasteiger charge is 2.48. The number of ketones is 1. The lowest BCUT2D eigenvalue weighted by Gasteiger charge is -2.24. The van der Waals surface area contributed by atoms with Crippen LogP contribution >= 0.6 is 0 Å². The van der Waals surface area contributed by atoms with Crippen molar-refractivity contribution in [2.24, 2.45) is 0 Å². The van der Waals surface area contributed by atoms with E-state index in [0.717, 1.165) is 51.4 Å². The lowest BCUT2D eigenvalue weighted by atomic mass is 9.89. The van der Waals surface area contributed by atoms with Crippen LogP contribution in [-0.2, 0) is 23.3 Å². The molecule has 0 saturated heterocycles. The summed E-state index contributed by atoms with van der Waals surface area (Å²) in [5.74, 6) is -0.110. The number of carbonyl (C=O) groups is 2. The van der Waals surface area contributed by atoms with Crippen LogP contribution in [0.25, 0.3) is 21.9 Å². The normalized spacial score (nSPS) is 13.8. The van der Waals surface area contributed by atoms with Gasteiger partial charge in [0, 0.05) is 6.54 Å². The average Bonchev–Trinajstić information content (AvgIpc) is 3.69. The van der Waals surface area contributed by atoms with Crippen LogP contribution in [0, 0.1) is 6.92 Å². The second-order valence-corrected chi connectivity index (χ2v) is 11.2. The van der Waals surface area contributed by atoms with Gasteiger partial charge in [-0.2, -0.15) is 0 Å². The van der Waals surface area contributed by atoms with Gasteiger partial charge in [0.05, 0.1) is 17.5 Å². The molecular weight excluding hydrogens is 532 g/mol. The van der Waals surface area contributed by atoms with Crippen molar-refractivity contribution in [1.82, 2.24) is 4.90 Å². The molecule has 6 rings (SSSR count). The highest BCUT2D eigenvalue weighted by Crippen LogP contribution is 2.49. The Bertz CT molecular complexity index is 1780. The number of benzene rings is 4. The van der Waals surface area contributed by atoms with Gasteiger partial charge < -0.3 is 9.32 Å². The topological polar surface area (TPSA) is 50.5 Å². The van der Waals surface area contributed by atoms with Crippen molar-refractivity contribution in [1.29, 1.82) is 0 Å². The molecule has 5 aromatic rings. The zero-order chi connectivity index (χ0) is 29.4. The van der Waals surface area contributed by atoms with Gasteiger partial charge in [-0.05, 0) is 77.4 Å². The molecule has 212 valence electrons. The quantitative estimate of drug-likeness (QED) is 0.180. The molecular formula is C36H31F2NO3. The number of amides is 1. The molecule has 0 unspecified atom stereocenters. The van der Waals surface area contributed by atoms with Gasteiger partial charge in [0.1, 0.15) is 11.5 Å². The first-order chi connectivity index (χ1) is 20.2. The van der Waals surface area contributed by atoms with E-state index in [1.165, 1.54) is 12.1 Å². The Labute approximate surface area is 243 Å².